The van der Waals surface area contributed by atoms with Gasteiger partial charge in [0.05, 0.1) is 5.69 Å². The molecule has 0 bridgehead atoms. The van der Waals surface area contributed by atoms with Crippen molar-refractivity contribution in [3.05, 3.63) is 28.2 Å². The van der Waals surface area contributed by atoms with Crippen molar-refractivity contribution >= 4 is 0 Å². The van der Waals surface area contributed by atoms with Crippen LogP contribution in [0.3, 0.4) is 0 Å². The SMILES string of the molecule is Cc1c(O)c(=O)ccn1C1CCCCCCCCCCC1. The quantitative estimate of drug-likeness (QED) is 0.814. The molecule has 0 unspecified atom stereocenters. The highest BCUT2D eigenvalue weighted by Gasteiger charge is 2.15. The molecule has 3 heteroatoms. The normalized spacial score (nSPS) is 19.7. The summed E-state index contributed by atoms with van der Waals surface area (Å²) >= 11 is 0. The van der Waals surface area contributed by atoms with E-state index < -0.39 is 0 Å². The highest BCUT2D eigenvalue weighted by Crippen LogP contribution is 2.27. The summed E-state index contributed by atoms with van der Waals surface area (Å²) < 4.78 is 2.13. The minimum atomic E-state index is -0.267. The van der Waals surface area contributed by atoms with Crippen molar-refractivity contribution in [2.75, 3.05) is 0 Å². The van der Waals surface area contributed by atoms with Crippen molar-refractivity contribution in [1.82, 2.24) is 4.57 Å². The van der Waals surface area contributed by atoms with Crippen LogP contribution in [0, 0.1) is 6.92 Å². The van der Waals surface area contributed by atoms with Gasteiger partial charge in [0.25, 0.3) is 0 Å². The molecule has 3 nitrogen and oxygen atoms in total. The minimum Gasteiger partial charge on any atom is -0.503 e. The van der Waals surface area contributed by atoms with Crippen molar-refractivity contribution in [2.24, 2.45) is 0 Å². The number of rotatable bonds is 1. The van der Waals surface area contributed by atoms with E-state index in [1.807, 2.05) is 13.1 Å². The molecule has 1 aliphatic carbocycles. The standard InChI is InChI=1S/C18H29NO2/c1-15-18(21)17(20)13-14-19(15)16-11-9-7-5-3-2-4-6-8-10-12-16/h13-14,16,21H,2-12H2,1H3. The third-order valence-corrected chi connectivity index (χ3v) is 4.82. The number of hydrogen-bond acceptors (Lipinski definition) is 2. The molecule has 0 spiro atoms. The van der Waals surface area contributed by atoms with Gasteiger partial charge in [-0.1, -0.05) is 57.8 Å². The lowest BCUT2D eigenvalue weighted by atomic mass is 9.97. The van der Waals surface area contributed by atoms with E-state index in [0.717, 1.165) is 18.5 Å². The second kappa shape index (κ2) is 8.26. The minimum absolute atomic E-state index is 0.0800. The zero-order valence-corrected chi connectivity index (χ0v) is 13.3. The first-order chi connectivity index (χ1) is 10.2. The van der Waals surface area contributed by atoms with Crippen LogP contribution in [0.5, 0.6) is 5.75 Å². The summed E-state index contributed by atoms with van der Waals surface area (Å²) in [6, 6.07) is 1.93. The van der Waals surface area contributed by atoms with E-state index in [4.69, 9.17) is 0 Å². The second-order valence-corrected chi connectivity index (χ2v) is 6.43. The molecule has 0 radical (unpaired) electrons. The largest absolute Gasteiger partial charge is 0.503 e. The molecule has 0 aliphatic heterocycles. The molecular weight excluding hydrogens is 262 g/mol. The Balaban J connectivity index is 2.09. The highest BCUT2D eigenvalue weighted by atomic mass is 16.3. The fourth-order valence-corrected chi connectivity index (χ4v) is 3.45. The van der Waals surface area contributed by atoms with Crippen LogP contribution in [0.25, 0.3) is 0 Å². The average Bonchev–Trinajstić information content (AvgIpc) is 2.46. The Morgan fingerprint density at radius 2 is 1.43 bits per heavy atom. The van der Waals surface area contributed by atoms with Gasteiger partial charge in [-0.2, -0.15) is 0 Å². The number of pyridine rings is 1. The number of aromatic nitrogens is 1. The summed E-state index contributed by atoms with van der Waals surface area (Å²) in [5.74, 6) is -0.0800. The third-order valence-electron chi connectivity index (χ3n) is 4.82. The summed E-state index contributed by atoms with van der Waals surface area (Å²) in [6.45, 7) is 1.85. The van der Waals surface area contributed by atoms with Gasteiger partial charge in [-0.15, -0.1) is 0 Å². The molecule has 1 N–H and O–H groups in total. The molecule has 1 fully saturated rings. The summed E-state index contributed by atoms with van der Waals surface area (Å²) in [7, 11) is 0. The molecule has 2 rings (SSSR count). The molecule has 0 saturated heterocycles. The van der Waals surface area contributed by atoms with E-state index >= 15 is 0 Å². The molecule has 1 aromatic rings. The van der Waals surface area contributed by atoms with Crippen molar-refractivity contribution < 1.29 is 5.11 Å². The zero-order valence-electron chi connectivity index (χ0n) is 13.3. The van der Waals surface area contributed by atoms with Crippen molar-refractivity contribution in [3.63, 3.8) is 0 Å². The van der Waals surface area contributed by atoms with E-state index in [2.05, 4.69) is 4.57 Å². The Labute approximate surface area is 128 Å². The summed E-state index contributed by atoms with van der Waals surface area (Å²) in [6.07, 6.45) is 16.1. The topological polar surface area (TPSA) is 42.2 Å². The fourth-order valence-electron chi connectivity index (χ4n) is 3.45. The van der Waals surface area contributed by atoms with E-state index in [-0.39, 0.29) is 11.2 Å². The van der Waals surface area contributed by atoms with Gasteiger partial charge in [-0.05, 0) is 19.8 Å². The molecule has 0 amide bonds. The maximum Gasteiger partial charge on any atom is 0.223 e. The lowest BCUT2D eigenvalue weighted by Crippen LogP contribution is -2.16. The maximum atomic E-state index is 11.5. The molecule has 21 heavy (non-hydrogen) atoms. The lowest BCUT2D eigenvalue weighted by molar-refractivity contribution is 0.370. The van der Waals surface area contributed by atoms with Crippen LogP contribution in [0.15, 0.2) is 17.1 Å². The van der Waals surface area contributed by atoms with Crippen LogP contribution in [-0.4, -0.2) is 9.67 Å². The molecule has 0 atom stereocenters. The molecule has 1 aromatic heterocycles. The molecule has 1 aliphatic rings. The first kappa shape index (κ1) is 16.1. The first-order valence-corrected chi connectivity index (χ1v) is 8.61. The zero-order chi connectivity index (χ0) is 15.1. The average molecular weight is 291 g/mol. The first-order valence-electron chi connectivity index (χ1n) is 8.61. The van der Waals surface area contributed by atoms with Gasteiger partial charge in [0, 0.05) is 18.3 Å². The fraction of sp³-hybridized carbons (Fsp3) is 0.722. The summed E-state index contributed by atoms with van der Waals surface area (Å²) in [5, 5.41) is 9.89. The van der Waals surface area contributed by atoms with Crippen LogP contribution >= 0.6 is 0 Å². The Morgan fingerprint density at radius 3 is 1.95 bits per heavy atom. The van der Waals surface area contributed by atoms with Gasteiger partial charge in [-0.25, -0.2) is 0 Å². The predicted molar refractivity (Wildman–Crippen MR) is 86.9 cm³/mol. The van der Waals surface area contributed by atoms with Gasteiger partial charge in [0.2, 0.25) is 5.43 Å². The molecule has 0 aromatic carbocycles. The number of nitrogens with zero attached hydrogens (tertiary/aromatic N) is 1. The van der Waals surface area contributed by atoms with Crippen LogP contribution < -0.4 is 5.43 Å². The molecule has 1 heterocycles. The molecule has 1 saturated carbocycles. The van der Waals surface area contributed by atoms with Crippen LogP contribution in [-0.2, 0) is 0 Å². The summed E-state index contributed by atoms with van der Waals surface area (Å²) in [4.78, 5) is 11.5. The molecular formula is C18H29NO2. The van der Waals surface area contributed by atoms with E-state index in [0.29, 0.717) is 6.04 Å². The number of hydrogen-bond donors (Lipinski definition) is 1. The van der Waals surface area contributed by atoms with E-state index in [9.17, 15) is 9.90 Å². The van der Waals surface area contributed by atoms with Crippen molar-refractivity contribution in [3.8, 4) is 5.75 Å². The van der Waals surface area contributed by atoms with E-state index in [1.165, 1.54) is 63.9 Å². The van der Waals surface area contributed by atoms with Gasteiger partial charge in [-0.3, -0.25) is 4.79 Å². The van der Waals surface area contributed by atoms with Crippen LogP contribution in [0.1, 0.15) is 82.4 Å². The smallest absolute Gasteiger partial charge is 0.223 e. The van der Waals surface area contributed by atoms with Gasteiger partial charge >= 0.3 is 0 Å². The summed E-state index contributed by atoms with van der Waals surface area (Å²) in [5.41, 5.74) is 0.455. The number of aromatic hydroxyl groups is 1. The Morgan fingerprint density at radius 1 is 0.952 bits per heavy atom. The highest BCUT2D eigenvalue weighted by molar-refractivity contribution is 5.25. The van der Waals surface area contributed by atoms with Crippen molar-refractivity contribution in [2.45, 2.75) is 83.6 Å². The monoisotopic (exact) mass is 291 g/mol. The Bertz CT molecular complexity index is 480. The third kappa shape index (κ3) is 4.62. The Kier molecular flexibility index (Phi) is 6.34. The van der Waals surface area contributed by atoms with Gasteiger partial charge < -0.3 is 9.67 Å². The lowest BCUT2D eigenvalue weighted by Gasteiger charge is -2.24. The Hall–Kier alpha value is -1.25. The molecule has 118 valence electrons. The van der Waals surface area contributed by atoms with Crippen LogP contribution in [0.2, 0.25) is 0 Å². The predicted octanol–water partition coefficient (Wildman–Crippen LogP) is 4.71. The maximum absolute atomic E-state index is 11.5. The van der Waals surface area contributed by atoms with Gasteiger partial charge in [0.1, 0.15) is 0 Å². The van der Waals surface area contributed by atoms with E-state index in [1.54, 1.807) is 0 Å². The van der Waals surface area contributed by atoms with Crippen molar-refractivity contribution in [1.29, 1.82) is 0 Å². The second-order valence-electron chi connectivity index (χ2n) is 6.43. The van der Waals surface area contributed by atoms with Crippen LogP contribution in [0.4, 0.5) is 0 Å². The van der Waals surface area contributed by atoms with Gasteiger partial charge in [0.15, 0.2) is 5.75 Å².